The number of carbonyl (C=O) groups is 2. The molecule has 2 saturated heterocycles. The van der Waals surface area contributed by atoms with E-state index in [4.69, 9.17) is 17.0 Å². The van der Waals surface area contributed by atoms with Gasteiger partial charge in [0.2, 0.25) is 11.8 Å². The van der Waals surface area contributed by atoms with Gasteiger partial charge in [0.25, 0.3) is 0 Å². The number of nitrogens with zero attached hydrogens (tertiary/aromatic N) is 3. The second kappa shape index (κ2) is 11.1. The highest BCUT2D eigenvalue weighted by molar-refractivity contribution is 7.80. The van der Waals surface area contributed by atoms with Gasteiger partial charge in [0.15, 0.2) is 5.11 Å². The van der Waals surface area contributed by atoms with Crippen LogP contribution in [0, 0.1) is 0 Å². The number of hydrogen-bond acceptors (Lipinski definition) is 5. The molecule has 2 aliphatic carbocycles. The van der Waals surface area contributed by atoms with Crippen LogP contribution in [0.5, 0.6) is 0 Å². The highest BCUT2D eigenvalue weighted by atomic mass is 32.1. The summed E-state index contributed by atoms with van der Waals surface area (Å²) in [5.41, 5.74) is 2.24. The summed E-state index contributed by atoms with van der Waals surface area (Å²) in [6, 6.07) is 18.4. The summed E-state index contributed by atoms with van der Waals surface area (Å²) in [7, 11) is 0. The summed E-state index contributed by atoms with van der Waals surface area (Å²) in [4.78, 5) is 34.1. The Hall–Kier alpha value is -3.17. The number of amides is 2. The zero-order chi connectivity index (χ0) is 26.8. The highest BCUT2D eigenvalue weighted by Gasteiger charge is 2.53. The summed E-state index contributed by atoms with van der Waals surface area (Å²) >= 11 is 5.62. The summed E-state index contributed by atoms with van der Waals surface area (Å²) in [5, 5.41) is 7.14. The molecule has 2 N–H and O–H groups in total. The van der Waals surface area contributed by atoms with Gasteiger partial charge in [0.1, 0.15) is 5.54 Å². The maximum atomic E-state index is 14.0. The molecule has 39 heavy (non-hydrogen) atoms. The second-order valence-electron chi connectivity index (χ2n) is 11.1. The lowest BCUT2D eigenvalue weighted by atomic mass is 9.92. The molecule has 1 atom stereocenters. The third-order valence-corrected chi connectivity index (χ3v) is 8.89. The van der Waals surface area contributed by atoms with Crippen LogP contribution in [-0.2, 0) is 14.3 Å². The Bertz CT molecular complexity index is 1190. The van der Waals surface area contributed by atoms with E-state index in [1.165, 1.54) is 0 Å². The van der Waals surface area contributed by atoms with Crippen molar-refractivity contribution in [3.8, 4) is 0 Å². The predicted octanol–water partition coefficient (Wildman–Crippen LogP) is 3.70. The lowest BCUT2D eigenvalue weighted by Gasteiger charge is -2.41. The zero-order valence-corrected chi connectivity index (χ0v) is 23.1. The molecule has 2 aromatic carbocycles. The van der Waals surface area contributed by atoms with Crippen molar-refractivity contribution < 1.29 is 14.3 Å². The van der Waals surface area contributed by atoms with Crippen molar-refractivity contribution in [1.82, 2.24) is 15.1 Å². The lowest BCUT2D eigenvalue weighted by Crippen LogP contribution is -2.60. The number of nitrogens with one attached hydrogen (secondary N) is 2. The van der Waals surface area contributed by atoms with E-state index in [0.717, 1.165) is 68.9 Å². The fourth-order valence-electron chi connectivity index (χ4n) is 6.33. The maximum Gasteiger partial charge on any atom is 0.250 e. The standard InChI is InChI=1S/C30H37N5O3S/c36-27(21-34-20-26(32-29(34)39)22-6-2-1-3-7-22)35(25-12-13-25)30(14-4-5-15-30)28(37)31-23-8-10-24(11-9-23)33-16-18-38-19-17-33/h1-3,6-11,25-26H,4-5,12-21H2,(H,31,37)(H,32,39). The van der Waals surface area contributed by atoms with E-state index < -0.39 is 5.54 Å². The molecule has 0 radical (unpaired) electrons. The molecule has 0 spiro atoms. The molecule has 0 aromatic heterocycles. The van der Waals surface area contributed by atoms with Crippen LogP contribution >= 0.6 is 12.2 Å². The van der Waals surface area contributed by atoms with Gasteiger partial charge >= 0.3 is 0 Å². The topological polar surface area (TPSA) is 77.2 Å². The normalized spacial score (nSPS) is 22.5. The molecule has 2 amide bonds. The first-order chi connectivity index (χ1) is 19.0. The number of anilines is 2. The third kappa shape index (κ3) is 5.47. The number of benzene rings is 2. The molecule has 6 rings (SSSR count). The van der Waals surface area contributed by atoms with E-state index in [1.54, 1.807) is 0 Å². The molecule has 2 saturated carbocycles. The van der Waals surface area contributed by atoms with E-state index >= 15 is 0 Å². The molecule has 8 nitrogen and oxygen atoms in total. The SMILES string of the molecule is O=C(CN1CC(c2ccccc2)NC1=S)N(C1CC1)C1(C(=O)Nc2ccc(N3CCOCC3)cc2)CCCC1. The smallest absolute Gasteiger partial charge is 0.250 e. The van der Waals surface area contributed by atoms with Gasteiger partial charge in [-0.1, -0.05) is 43.2 Å². The number of thiocarbonyl (C=S) groups is 1. The molecule has 206 valence electrons. The van der Waals surface area contributed by atoms with Gasteiger partial charge in [-0.3, -0.25) is 9.59 Å². The minimum absolute atomic E-state index is 0.00456. The van der Waals surface area contributed by atoms with Crippen molar-refractivity contribution >= 4 is 40.5 Å². The Morgan fingerprint density at radius 1 is 1.03 bits per heavy atom. The van der Waals surface area contributed by atoms with Gasteiger partial charge in [-0.15, -0.1) is 0 Å². The molecular weight excluding hydrogens is 510 g/mol. The maximum absolute atomic E-state index is 14.0. The fourth-order valence-corrected chi connectivity index (χ4v) is 6.61. The molecule has 9 heteroatoms. The van der Waals surface area contributed by atoms with Crippen LogP contribution in [0.1, 0.15) is 50.1 Å². The quantitative estimate of drug-likeness (QED) is 0.488. The molecule has 2 aliphatic heterocycles. The van der Waals surface area contributed by atoms with Crippen molar-refractivity contribution in [1.29, 1.82) is 0 Å². The average molecular weight is 548 g/mol. The molecule has 4 fully saturated rings. The van der Waals surface area contributed by atoms with E-state index in [1.807, 2.05) is 40.1 Å². The number of carbonyl (C=O) groups excluding carboxylic acids is 2. The van der Waals surface area contributed by atoms with Gasteiger partial charge in [-0.25, -0.2) is 0 Å². The summed E-state index contributed by atoms with van der Waals surface area (Å²) in [6.07, 6.45) is 5.18. The lowest BCUT2D eigenvalue weighted by molar-refractivity contribution is -0.146. The first-order valence-electron chi connectivity index (χ1n) is 14.2. The highest BCUT2D eigenvalue weighted by Crippen LogP contribution is 2.43. The first-order valence-corrected chi connectivity index (χ1v) is 14.6. The van der Waals surface area contributed by atoms with E-state index in [-0.39, 0.29) is 30.4 Å². The second-order valence-corrected chi connectivity index (χ2v) is 11.5. The Kier molecular flexibility index (Phi) is 7.44. The van der Waals surface area contributed by atoms with E-state index in [2.05, 4.69) is 39.8 Å². The Balaban J connectivity index is 1.16. The van der Waals surface area contributed by atoms with Crippen LogP contribution in [0.2, 0.25) is 0 Å². The van der Waals surface area contributed by atoms with Gasteiger partial charge in [-0.2, -0.15) is 0 Å². The molecule has 4 aliphatic rings. The van der Waals surface area contributed by atoms with E-state index in [0.29, 0.717) is 24.5 Å². The van der Waals surface area contributed by atoms with Crippen LogP contribution in [0.4, 0.5) is 11.4 Å². The van der Waals surface area contributed by atoms with E-state index in [9.17, 15) is 9.59 Å². The van der Waals surface area contributed by atoms with Crippen molar-refractivity contribution in [2.45, 2.75) is 56.1 Å². The van der Waals surface area contributed by atoms with Crippen LogP contribution < -0.4 is 15.5 Å². The van der Waals surface area contributed by atoms with Crippen molar-refractivity contribution in [2.75, 3.05) is 49.6 Å². The Labute approximate surface area is 235 Å². The average Bonchev–Trinajstić information content (AvgIpc) is 3.54. The van der Waals surface area contributed by atoms with Crippen LogP contribution in [-0.4, -0.2) is 77.7 Å². The Morgan fingerprint density at radius 2 is 1.72 bits per heavy atom. The number of hydrogen-bond donors (Lipinski definition) is 2. The fraction of sp³-hybridized carbons (Fsp3) is 0.500. The molecule has 1 unspecified atom stereocenters. The van der Waals surface area contributed by atoms with Gasteiger partial charge in [0.05, 0.1) is 25.8 Å². The number of rotatable bonds is 8. The minimum Gasteiger partial charge on any atom is -0.378 e. The number of morpholine rings is 1. The van der Waals surface area contributed by atoms with Gasteiger partial charge < -0.3 is 30.1 Å². The first kappa shape index (κ1) is 26.1. The van der Waals surface area contributed by atoms with Crippen LogP contribution in [0.3, 0.4) is 0 Å². The summed E-state index contributed by atoms with van der Waals surface area (Å²) < 4.78 is 5.46. The predicted molar refractivity (Wildman–Crippen MR) is 156 cm³/mol. The van der Waals surface area contributed by atoms with Crippen molar-refractivity contribution in [3.05, 3.63) is 60.2 Å². The minimum atomic E-state index is -0.811. The Morgan fingerprint density at radius 3 is 2.38 bits per heavy atom. The van der Waals surface area contributed by atoms with Gasteiger partial charge in [-0.05, 0) is 67.7 Å². The van der Waals surface area contributed by atoms with Crippen molar-refractivity contribution in [2.24, 2.45) is 0 Å². The third-order valence-electron chi connectivity index (χ3n) is 8.51. The molecular formula is C30H37N5O3S. The van der Waals surface area contributed by atoms with Crippen LogP contribution in [0.15, 0.2) is 54.6 Å². The molecule has 2 aromatic rings. The zero-order valence-electron chi connectivity index (χ0n) is 22.3. The summed E-state index contributed by atoms with van der Waals surface area (Å²) in [6.45, 7) is 4.04. The monoisotopic (exact) mass is 547 g/mol. The largest absolute Gasteiger partial charge is 0.378 e. The number of ether oxygens (including phenoxy) is 1. The molecule has 2 heterocycles. The molecule has 0 bridgehead atoms. The summed E-state index contributed by atoms with van der Waals surface area (Å²) in [5.74, 6) is -0.0706. The van der Waals surface area contributed by atoms with Crippen molar-refractivity contribution in [3.63, 3.8) is 0 Å². The van der Waals surface area contributed by atoms with Crippen LogP contribution in [0.25, 0.3) is 0 Å². The van der Waals surface area contributed by atoms with Gasteiger partial charge in [0, 0.05) is 37.1 Å².